The number of nitrogens with zero attached hydrogens (tertiary/aromatic N) is 1. The van der Waals surface area contributed by atoms with Gasteiger partial charge in [-0.25, -0.2) is 4.79 Å². The van der Waals surface area contributed by atoms with E-state index in [4.69, 9.17) is 27.9 Å². The van der Waals surface area contributed by atoms with Gasteiger partial charge in [0.25, 0.3) is 5.91 Å². The third-order valence-electron chi connectivity index (χ3n) is 4.65. The zero-order chi connectivity index (χ0) is 20.8. The molecule has 1 aromatic carbocycles. The summed E-state index contributed by atoms with van der Waals surface area (Å²) in [6, 6.07) is 7.67. The highest BCUT2D eigenvalue weighted by molar-refractivity contribution is 6.39. The number of hydrogen-bond donors (Lipinski definition) is 2. The number of ether oxygens (including phenoxy) is 1. The van der Waals surface area contributed by atoms with Gasteiger partial charge in [0.15, 0.2) is 0 Å². The van der Waals surface area contributed by atoms with Gasteiger partial charge in [0.05, 0.1) is 22.7 Å². The third-order valence-corrected chi connectivity index (χ3v) is 5.28. The van der Waals surface area contributed by atoms with Gasteiger partial charge in [-0.3, -0.25) is 9.78 Å². The molecule has 1 aromatic heterocycles. The highest BCUT2D eigenvalue weighted by atomic mass is 35.5. The first-order valence-corrected chi connectivity index (χ1v) is 9.93. The van der Waals surface area contributed by atoms with Gasteiger partial charge in [-0.15, -0.1) is 24.8 Å². The monoisotopic (exact) mass is 505 g/mol. The number of hydrogen-bond acceptors (Lipinski definition) is 5. The van der Waals surface area contributed by atoms with Crippen LogP contribution in [0.2, 0.25) is 10.0 Å². The van der Waals surface area contributed by atoms with Crippen LogP contribution in [0.5, 0.6) is 0 Å². The van der Waals surface area contributed by atoms with Crippen LogP contribution >= 0.6 is 48.0 Å². The molecule has 6 nitrogen and oxygen atoms in total. The van der Waals surface area contributed by atoms with Crippen molar-refractivity contribution in [2.24, 2.45) is 0 Å². The van der Waals surface area contributed by atoms with Crippen molar-refractivity contribution in [1.29, 1.82) is 0 Å². The highest BCUT2D eigenvalue weighted by Gasteiger charge is 2.25. The molecule has 168 valence electrons. The van der Waals surface area contributed by atoms with Crippen LogP contribution in [-0.4, -0.2) is 43.1 Å². The lowest BCUT2D eigenvalue weighted by Gasteiger charge is -2.18. The first kappa shape index (κ1) is 27.2. The van der Waals surface area contributed by atoms with E-state index in [1.807, 2.05) is 12.1 Å². The van der Waals surface area contributed by atoms with Crippen LogP contribution in [0, 0.1) is 0 Å². The van der Waals surface area contributed by atoms with Gasteiger partial charge in [0.1, 0.15) is 6.04 Å². The standard InChI is InChI=1S/C21H21Cl2N3O3.2ClH/c1-29-21(28)18(26-20(27)19-16(22)3-2-4-17(19)23)11-15-6-5-14(12-25-15)13-7-9-24-10-8-13;;/h2-7,12,18,24H,8-11H2,1H3,(H,26,27);2*1H/t18-;;/m0../s1. The normalized spacial score (nSPS) is 13.7. The quantitative estimate of drug-likeness (QED) is 0.576. The summed E-state index contributed by atoms with van der Waals surface area (Å²) in [5, 5.41) is 6.33. The summed E-state index contributed by atoms with van der Waals surface area (Å²) in [6.07, 6.45) is 5.06. The average molecular weight is 507 g/mol. The number of amides is 1. The molecule has 3 rings (SSSR count). The van der Waals surface area contributed by atoms with Crippen molar-refractivity contribution in [1.82, 2.24) is 15.6 Å². The smallest absolute Gasteiger partial charge is 0.328 e. The molecule has 0 saturated carbocycles. The molecule has 2 aromatic rings. The number of halogens is 4. The molecular formula is C21H23Cl4N3O3. The second-order valence-electron chi connectivity index (χ2n) is 6.57. The Morgan fingerprint density at radius 2 is 1.90 bits per heavy atom. The summed E-state index contributed by atoms with van der Waals surface area (Å²) < 4.78 is 4.84. The predicted octanol–water partition coefficient (Wildman–Crippen LogP) is 4.12. The van der Waals surface area contributed by atoms with Crippen molar-refractivity contribution in [3.8, 4) is 0 Å². The van der Waals surface area contributed by atoms with Gasteiger partial charge < -0.3 is 15.4 Å². The lowest BCUT2D eigenvalue weighted by Crippen LogP contribution is -2.43. The fourth-order valence-electron chi connectivity index (χ4n) is 3.11. The SMILES string of the molecule is COC(=O)[C@H](Cc1ccc(C2=CCNCC2)cn1)NC(=O)c1c(Cl)cccc1Cl.Cl.Cl. The summed E-state index contributed by atoms with van der Waals surface area (Å²) >= 11 is 12.2. The van der Waals surface area contributed by atoms with Gasteiger partial charge in [-0.05, 0) is 42.3 Å². The number of aromatic nitrogens is 1. The summed E-state index contributed by atoms with van der Waals surface area (Å²) in [6.45, 7) is 1.78. The molecule has 0 bridgehead atoms. The molecule has 0 fully saturated rings. The second-order valence-corrected chi connectivity index (χ2v) is 7.39. The zero-order valence-corrected chi connectivity index (χ0v) is 19.8. The van der Waals surface area contributed by atoms with Crippen molar-refractivity contribution in [3.63, 3.8) is 0 Å². The first-order chi connectivity index (χ1) is 14.0. The van der Waals surface area contributed by atoms with Crippen LogP contribution in [0.4, 0.5) is 0 Å². The zero-order valence-electron chi connectivity index (χ0n) is 16.7. The predicted molar refractivity (Wildman–Crippen MR) is 128 cm³/mol. The maximum Gasteiger partial charge on any atom is 0.328 e. The second kappa shape index (κ2) is 12.9. The van der Waals surface area contributed by atoms with E-state index in [1.165, 1.54) is 12.7 Å². The maximum absolute atomic E-state index is 12.6. The molecule has 10 heteroatoms. The molecule has 0 spiro atoms. The molecule has 0 radical (unpaired) electrons. The Balaban J connectivity index is 0.00000240. The molecule has 0 aliphatic carbocycles. The molecule has 31 heavy (non-hydrogen) atoms. The van der Waals surface area contributed by atoms with Crippen molar-refractivity contribution < 1.29 is 14.3 Å². The summed E-state index contributed by atoms with van der Waals surface area (Å²) in [5.41, 5.74) is 3.07. The van der Waals surface area contributed by atoms with Crippen molar-refractivity contribution in [2.45, 2.75) is 18.9 Å². The minimum Gasteiger partial charge on any atom is -0.467 e. The molecule has 2 heterocycles. The van der Waals surface area contributed by atoms with Crippen molar-refractivity contribution in [3.05, 3.63) is 69.5 Å². The van der Waals surface area contributed by atoms with E-state index in [0.717, 1.165) is 25.1 Å². The van der Waals surface area contributed by atoms with Gasteiger partial charge in [0.2, 0.25) is 0 Å². The van der Waals surface area contributed by atoms with Crippen LogP contribution in [0.1, 0.15) is 28.0 Å². The number of pyridine rings is 1. The lowest BCUT2D eigenvalue weighted by atomic mass is 10.0. The maximum atomic E-state index is 12.6. The Kier molecular flexibility index (Phi) is 11.3. The van der Waals surface area contributed by atoms with E-state index in [1.54, 1.807) is 24.4 Å². The van der Waals surface area contributed by atoms with E-state index < -0.39 is 17.9 Å². The van der Waals surface area contributed by atoms with Crippen LogP contribution in [0.3, 0.4) is 0 Å². The number of rotatable bonds is 6. The lowest BCUT2D eigenvalue weighted by molar-refractivity contribution is -0.142. The van der Waals surface area contributed by atoms with Gasteiger partial charge >= 0.3 is 5.97 Å². The minimum atomic E-state index is -0.920. The Morgan fingerprint density at radius 3 is 2.45 bits per heavy atom. The molecule has 0 unspecified atom stereocenters. The molecule has 1 aliphatic rings. The molecular weight excluding hydrogens is 484 g/mol. The number of carbonyl (C=O) groups is 2. The molecule has 1 atom stereocenters. The fourth-order valence-corrected chi connectivity index (χ4v) is 3.68. The van der Waals surface area contributed by atoms with E-state index in [2.05, 4.69) is 21.7 Å². The Labute approximate surface area is 203 Å². The Morgan fingerprint density at radius 1 is 1.19 bits per heavy atom. The minimum absolute atomic E-state index is 0. The number of methoxy groups -OCH3 is 1. The number of benzene rings is 1. The highest BCUT2D eigenvalue weighted by Crippen LogP contribution is 2.24. The van der Waals surface area contributed by atoms with E-state index >= 15 is 0 Å². The van der Waals surface area contributed by atoms with Crippen molar-refractivity contribution in [2.75, 3.05) is 20.2 Å². The van der Waals surface area contributed by atoms with Crippen LogP contribution in [0.25, 0.3) is 5.57 Å². The number of carbonyl (C=O) groups excluding carboxylic acids is 2. The van der Waals surface area contributed by atoms with E-state index in [-0.39, 0.29) is 46.8 Å². The van der Waals surface area contributed by atoms with Crippen LogP contribution < -0.4 is 10.6 Å². The molecule has 0 saturated heterocycles. The average Bonchev–Trinajstić information content (AvgIpc) is 2.73. The van der Waals surface area contributed by atoms with Gasteiger partial charge in [-0.2, -0.15) is 0 Å². The third kappa shape index (κ3) is 7.09. The first-order valence-electron chi connectivity index (χ1n) is 9.17. The largest absolute Gasteiger partial charge is 0.467 e. The van der Waals surface area contributed by atoms with Crippen LogP contribution in [-0.2, 0) is 16.0 Å². The molecule has 2 N–H and O–H groups in total. The Bertz CT molecular complexity index is 916. The van der Waals surface area contributed by atoms with E-state index in [0.29, 0.717) is 5.69 Å². The van der Waals surface area contributed by atoms with Crippen molar-refractivity contribution >= 4 is 65.5 Å². The fraction of sp³-hybridized carbons (Fsp3) is 0.286. The van der Waals surface area contributed by atoms with E-state index in [9.17, 15) is 9.59 Å². The molecule has 1 aliphatic heterocycles. The van der Waals surface area contributed by atoms with Gasteiger partial charge in [-0.1, -0.05) is 41.4 Å². The topological polar surface area (TPSA) is 80.3 Å². The summed E-state index contributed by atoms with van der Waals surface area (Å²) in [4.78, 5) is 29.3. The van der Waals surface area contributed by atoms with Gasteiger partial charge in [0, 0.05) is 24.9 Å². The Hall–Kier alpha value is -1.83. The summed E-state index contributed by atoms with van der Waals surface area (Å²) in [7, 11) is 1.27. The number of nitrogens with one attached hydrogen (secondary N) is 2. The van der Waals surface area contributed by atoms with Crippen LogP contribution in [0.15, 0.2) is 42.6 Å². The summed E-state index contributed by atoms with van der Waals surface area (Å²) in [5.74, 6) is -1.12. The number of esters is 1. The molecule has 1 amide bonds.